The minimum atomic E-state index is -3.05. The van der Waals surface area contributed by atoms with Gasteiger partial charge in [-0.15, -0.1) is 0 Å². The van der Waals surface area contributed by atoms with Crippen molar-refractivity contribution in [2.75, 3.05) is 18.1 Å². The molecule has 2 amide bonds. The predicted octanol–water partition coefficient (Wildman–Crippen LogP) is 0.868. The van der Waals surface area contributed by atoms with Crippen molar-refractivity contribution in [3.8, 4) is 0 Å². The van der Waals surface area contributed by atoms with Crippen LogP contribution in [-0.2, 0) is 26.0 Å². The summed E-state index contributed by atoms with van der Waals surface area (Å²) < 4.78 is 36.4. The summed E-state index contributed by atoms with van der Waals surface area (Å²) >= 11 is 0. The molecule has 0 bridgehead atoms. The Balaban J connectivity index is 1.86. The lowest BCUT2D eigenvalue weighted by Gasteiger charge is -2.21. The zero-order chi connectivity index (χ0) is 17.7. The zero-order valence-electron chi connectivity index (χ0n) is 13.5. The van der Waals surface area contributed by atoms with Crippen LogP contribution in [0.3, 0.4) is 0 Å². The first-order valence-corrected chi connectivity index (χ1v) is 9.57. The minimum absolute atomic E-state index is 0.0373. The number of nitrogens with one attached hydrogen (secondary N) is 1. The number of amides is 2. The lowest BCUT2D eigenvalue weighted by molar-refractivity contribution is -0.130. The molecule has 0 aliphatic carbocycles. The van der Waals surface area contributed by atoms with Crippen LogP contribution >= 0.6 is 0 Å². The van der Waals surface area contributed by atoms with Crippen LogP contribution in [0.15, 0.2) is 24.3 Å². The maximum Gasteiger partial charge on any atom is 0.222 e. The largest absolute Gasteiger partial charge is 0.352 e. The van der Waals surface area contributed by atoms with Gasteiger partial charge in [0.15, 0.2) is 9.84 Å². The molecule has 8 heteroatoms. The molecule has 0 radical (unpaired) electrons. The standard InChI is InChI=1S/C16H21FN2O4S/c1-12(20)19(10-13-4-2-3-5-15(13)17)8-6-16(21)18-14-7-9-24(22,23)11-14/h2-5,14H,6-11H2,1H3,(H,18,21). The van der Waals surface area contributed by atoms with E-state index in [1.54, 1.807) is 18.2 Å². The topological polar surface area (TPSA) is 83.6 Å². The fourth-order valence-electron chi connectivity index (χ4n) is 2.63. The monoisotopic (exact) mass is 356 g/mol. The Morgan fingerprint density at radius 1 is 1.33 bits per heavy atom. The molecule has 0 aromatic heterocycles. The van der Waals surface area contributed by atoms with Gasteiger partial charge in [-0.05, 0) is 12.5 Å². The third-order valence-corrected chi connectivity index (χ3v) is 5.74. The second kappa shape index (κ2) is 7.74. The van der Waals surface area contributed by atoms with E-state index >= 15 is 0 Å². The third kappa shape index (κ3) is 5.30. The average Bonchev–Trinajstić information content (AvgIpc) is 2.83. The number of nitrogens with zero attached hydrogens (tertiary/aromatic N) is 1. The Bertz CT molecular complexity index is 721. The van der Waals surface area contributed by atoms with Crippen molar-refractivity contribution < 1.29 is 22.4 Å². The number of benzene rings is 1. The summed E-state index contributed by atoms with van der Waals surface area (Å²) in [5.41, 5.74) is 0.384. The van der Waals surface area contributed by atoms with Gasteiger partial charge in [-0.25, -0.2) is 12.8 Å². The van der Waals surface area contributed by atoms with Gasteiger partial charge in [0.1, 0.15) is 5.82 Å². The third-order valence-electron chi connectivity index (χ3n) is 3.97. The summed E-state index contributed by atoms with van der Waals surface area (Å²) in [6.45, 7) is 1.60. The first-order valence-electron chi connectivity index (χ1n) is 7.75. The summed E-state index contributed by atoms with van der Waals surface area (Å²) in [4.78, 5) is 25.0. The van der Waals surface area contributed by atoms with E-state index in [2.05, 4.69) is 5.32 Å². The minimum Gasteiger partial charge on any atom is -0.352 e. The molecule has 0 spiro atoms. The number of carbonyl (C=O) groups is 2. The fraction of sp³-hybridized carbons (Fsp3) is 0.500. The van der Waals surface area contributed by atoms with Crippen molar-refractivity contribution in [2.24, 2.45) is 0 Å². The van der Waals surface area contributed by atoms with Crippen LogP contribution < -0.4 is 5.32 Å². The molecule has 1 aromatic carbocycles. The number of hydrogen-bond donors (Lipinski definition) is 1. The van der Waals surface area contributed by atoms with E-state index in [1.165, 1.54) is 17.9 Å². The fourth-order valence-corrected chi connectivity index (χ4v) is 4.30. The van der Waals surface area contributed by atoms with Crippen LogP contribution in [0.1, 0.15) is 25.3 Å². The van der Waals surface area contributed by atoms with Crippen LogP contribution in [0.4, 0.5) is 4.39 Å². The molecule has 0 saturated carbocycles. The number of hydrogen-bond acceptors (Lipinski definition) is 4. The maximum atomic E-state index is 13.7. The van der Waals surface area contributed by atoms with Gasteiger partial charge in [-0.2, -0.15) is 0 Å². The summed E-state index contributed by atoms with van der Waals surface area (Å²) in [7, 11) is -3.05. The Labute approximate surface area is 140 Å². The van der Waals surface area contributed by atoms with Crippen LogP contribution in [0.2, 0.25) is 0 Å². The van der Waals surface area contributed by atoms with Gasteiger partial charge in [0, 0.05) is 38.0 Å². The van der Waals surface area contributed by atoms with Crippen molar-refractivity contribution >= 4 is 21.7 Å². The highest BCUT2D eigenvalue weighted by molar-refractivity contribution is 7.91. The first-order chi connectivity index (χ1) is 11.3. The predicted molar refractivity (Wildman–Crippen MR) is 87.3 cm³/mol. The molecule has 1 fully saturated rings. The van der Waals surface area contributed by atoms with Gasteiger partial charge in [-0.1, -0.05) is 18.2 Å². The molecule has 1 heterocycles. The smallest absolute Gasteiger partial charge is 0.222 e. The quantitative estimate of drug-likeness (QED) is 0.820. The van der Waals surface area contributed by atoms with Gasteiger partial charge >= 0.3 is 0 Å². The molecule has 6 nitrogen and oxygen atoms in total. The van der Waals surface area contributed by atoms with Crippen LogP contribution in [0.5, 0.6) is 0 Å². The van der Waals surface area contributed by atoms with Crippen LogP contribution in [0.25, 0.3) is 0 Å². The lowest BCUT2D eigenvalue weighted by atomic mass is 10.2. The molecule has 1 aliphatic rings. The van der Waals surface area contributed by atoms with Crippen LogP contribution in [-0.4, -0.2) is 49.2 Å². The number of sulfone groups is 1. The van der Waals surface area contributed by atoms with E-state index in [-0.39, 0.29) is 48.9 Å². The molecule has 1 atom stereocenters. The Kier molecular flexibility index (Phi) is 5.93. The molecular formula is C16H21FN2O4S. The molecule has 132 valence electrons. The zero-order valence-corrected chi connectivity index (χ0v) is 14.3. The molecular weight excluding hydrogens is 335 g/mol. The molecule has 2 rings (SSSR count). The maximum absolute atomic E-state index is 13.7. The van der Waals surface area contributed by atoms with Gasteiger partial charge in [0.25, 0.3) is 0 Å². The van der Waals surface area contributed by atoms with Crippen molar-refractivity contribution in [1.29, 1.82) is 0 Å². The molecule has 1 unspecified atom stereocenters. The molecule has 1 aliphatic heterocycles. The van der Waals surface area contributed by atoms with E-state index in [0.29, 0.717) is 12.0 Å². The van der Waals surface area contributed by atoms with Gasteiger partial charge in [-0.3, -0.25) is 9.59 Å². The highest BCUT2D eigenvalue weighted by Crippen LogP contribution is 2.12. The molecule has 24 heavy (non-hydrogen) atoms. The summed E-state index contributed by atoms with van der Waals surface area (Å²) in [5.74, 6) is -0.911. The van der Waals surface area contributed by atoms with E-state index in [1.807, 2.05) is 0 Å². The summed E-state index contributed by atoms with van der Waals surface area (Å²) in [5, 5.41) is 2.67. The first kappa shape index (κ1) is 18.4. The Hall–Kier alpha value is -1.96. The van der Waals surface area contributed by atoms with Gasteiger partial charge in [0.05, 0.1) is 11.5 Å². The van der Waals surface area contributed by atoms with Gasteiger partial charge < -0.3 is 10.2 Å². The highest BCUT2D eigenvalue weighted by Gasteiger charge is 2.28. The number of carbonyl (C=O) groups excluding carboxylic acids is 2. The lowest BCUT2D eigenvalue weighted by Crippen LogP contribution is -2.38. The van der Waals surface area contributed by atoms with Crippen molar-refractivity contribution in [2.45, 2.75) is 32.4 Å². The molecule has 1 N–H and O–H groups in total. The Morgan fingerprint density at radius 2 is 2.04 bits per heavy atom. The molecule has 1 saturated heterocycles. The number of halogens is 1. The highest BCUT2D eigenvalue weighted by atomic mass is 32.2. The van der Waals surface area contributed by atoms with E-state index in [4.69, 9.17) is 0 Å². The second-order valence-corrected chi connectivity index (χ2v) is 8.18. The molecule has 1 aromatic rings. The average molecular weight is 356 g/mol. The Morgan fingerprint density at radius 3 is 2.62 bits per heavy atom. The SMILES string of the molecule is CC(=O)N(CCC(=O)NC1CCS(=O)(=O)C1)Cc1ccccc1F. The normalized spacial score (nSPS) is 19.0. The van der Waals surface area contributed by atoms with E-state index in [9.17, 15) is 22.4 Å². The van der Waals surface area contributed by atoms with Crippen molar-refractivity contribution in [3.05, 3.63) is 35.6 Å². The van der Waals surface area contributed by atoms with E-state index in [0.717, 1.165) is 0 Å². The second-order valence-electron chi connectivity index (χ2n) is 5.95. The van der Waals surface area contributed by atoms with E-state index < -0.39 is 15.7 Å². The summed E-state index contributed by atoms with van der Waals surface area (Å²) in [6.07, 6.45) is 0.463. The van der Waals surface area contributed by atoms with Crippen molar-refractivity contribution in [1.82, 2.24) is 10.2 Å². The van der Waals surface area contributed by atoms with Crippen molar-refractivity contribution in [3.63, 3.8) is 0 Å². The summed E-state index contributed by atoms with van der Waals surface area (Å²) in [6, 6.07) is 5.81. The van der Waals surface area contributed by atoms with Crippen LogP contribution in [0, 0.1) is 5.82 Å². The van der Waals surface area contributed by atoms with Gasteiger partial charge in [0.2, 0.25) is 11.8 Å². The number of rotatable bonds is 6.